The second kappa shape index (κ2) is 3.25. The highest BCUT2D eigenvalue weighted by molar-refractivity contribution is 6.18. The van der Waals surface area contributed by atoms with Crippen molar-refractivity contribution in [2.45, 2.75) is 0 Å². The lowest BCUT2D eigenvalue weighted by Crippen LogP contribution is -1.80. The molecule has 0 saturated heterocycles. The van der Waals surface area contributed by atoms with Crippen LogP contribution in [0.1, 0.15) is 0 Å². The van der Waals surface area contributed by atoms with E-state index in [2.05, 4.69) is 0 Å². The first-order valence-corrected chi connectivity index (χ1v) is 1.62. The van der Waals surface area contributed by atoms with Crippen LogP contribution in [-0.4, -0.2) is 12.4 Å². The van der Waals surface area contributed by atoms with Crippen LogP contribution < -0.4 is 5.73 Å². The molecular formula is C2H4ClN. The maximum absolute atomic E-state index is 7.74. The van der Waals surface area contributed by atoms with E-state index in [9.17, 15) is 0 Å². The van der Waals surface area contributed by atoms with Crippen molar-refractivity contribution >= 4 is 11.6 Å². The number of hydrogen-bond donors (Lipinski definition) is 0. The van der Waals surface area contributed by atoms with Crippen LogP contribution in [0.4, 0.5) is 0 Å². The average Bonchev–Trinajstić information content (AvgIpc) is 1.37. The zero-order valence-electron chi connectivity index (χ0n) is 2.24. The van der Waals surface area contributed by atoms with Crippen molar-refractivity contribution in [2.75, 3.05) is 12.4 Å². The Balaban J connectivity index is 1.97. The molecule has 0 bridgehead atoms. The lowest BCUT2D eigenvalue weighted by Gasteiger charge is -1.63. The monoisotopic (exact) mass is 77.0 g/mol. The summed E-state index contributed by atoms with van der Waals surface area (Å²) in [5, 5.41) is 0. The summed E-state index contributed by atoms with van der Waals surface area (Å²) in [6.45, 7) is 0.0849. The Bertz CT molecular complexity index is 8.00. The van der Waals surface area contributed by atoms with Gasteiger partial charge in [-0.3, -0.25) is 0 Å². The largest absolute Gasteiger partial charge is 0.144 e. The average molecular weight is 77.5 g/mol. The minimum absolute atomic E-state index is 0.0849. The Morgan fingerprint density at radius 3 is 2.00 bits per heavy atom. The molecule has 0 heterocycles. The third kappa shape index (κ3) is 2.25. The smallest absolute Gasteiger partial charge is 0.0457 e. The van der Waals surface area contributed by atoms with Crippen LogP contribution in [0, 0.1) is 0 Å². The van der Waals surface area contributed by atoms with Gasteiger partial charge < -0.3 is 0 Å². The van der Waals surface area contributed by atoms with Gasteiger partial charge in [0.2, 0.25) is 0 Å². The van der Waals surface area contributed by atoms with Crippen molar-refractivity contribution in [3.63, 3.8) is 0 Å². The van der Waals surface area contributed by atoms with Gasteiger partial charge in [-0.2, -0.15) is 0 Å². The van der Waals surface area contributed by atoms with Gasteiger partial charge in [0.25, 0.3) is 0 Å². The first-order chi connectivity index (χ1) is 1.91. The van der Waals surface area contributed by atoms with Gasteiger partial charge in [-0.05, 0) is 0 Å². The van der Waals surface area contributed by atoms with Crippen LogP contribution in [0.15, 0.2) is 0 Å². The standard InChI is InChI=1S/C2H4ClN/c3-1-2-4/h1-2H2. The molecule has 0 aliphatic carbocycles. The van der Waals surface area contributed by atoms with Crippen LogP contribution in [0.25, 0.3) is 0 Å². The minimum Gasteiger partial charge on any atom is -0.144 e. The normalized spacial score (nSPS) is 7.50. The summed E-state index contributed by atoms with van der Waals surface area (Å²) >= 11 is 4.94. The highest BCUT2D eigenvalue weighted by Gasteiger charge is 1.61. The van der Waals surface area contributed by atoms with Gasteiger partial charge in [0, 0.05) is 12.4 Å². The SMILES string of the molecule is [N]CCCl. The summed E-state index contributed by atoms with van der Waals surface area (Å²) in [7, 11) is 0. The number of alkyl halides is 1. The van der Waals surface area contributed by atoms with Gasteiger partial charge in [0.1, 0.15) is 0 Å². The van der Waals surface area contributed by atoms with Crippen LogP contribution in [-0.2, 0) is 0 Å². The molecule has 24 valence electrons. The minimum atomic E-state index is 0.0849. The zero-order chi connectivity index (χ0) is 3.41. The van der Waals surface area contributed by atoms with E-state index in [1.54, 1.807) is 0 Å². The zero-order valence-corrected chi connectivity index (χ0v) is 3.00. The molecule has 4 heavy (non-hydrogen) atoms. The van der Waals surface area contributed by atoms with Gasteiger partial charge >= 0.3 is 0 Å². The molecule has 0 fully saturated rings. The summed E-state index contributed by atoms with van der Waals surface area (Å²) in [5.41, 5.74) is 7.74. The van der Waals surface area contributed by atoms with Gasteiger partial charge in [-0.25, -0.2) is 0 Å². The van der Waals surface area contributed by atoms with Gasteiger partial charge in [-0.1, -0.05) is 0 Å². The fourth-order valence-electron chi connectivity index (χ4n) is 0. The third-order valence-corrected chi connectivity index (χ3v) is 0.254. The van der Waals surface area contributed by atoms with Crippen LogP contribution in [0.5, 0.6) is 0 Å². The number of halogens is 1. The second-order valence-electron chi connectivity index (χ2n) is 0.413. The number of nitrogens with zero attached hydrogens (tertiary/aromatic N) is 1. The van der Waals surface area contributed by atoms with E-state index in [1.807, 2.05) is 0 Å². The molecule has 2 heteroatoms. The lowest BCUT2D eigenvalue weighted by atomic mass is 10.8. The summed E-state index contributed by atoms with van der Waals surface area (Å²) < 4.78 is 0. The summed E-state index contributed by atoms with van der Waals surface area (Å²) in [4.78, 5) is 0. The molecule has 0 N–H and O–H groups in total. The van der Waals surface area contributed by atoms with E-state index in [-0.39, 0.29) is 6.54 Å². The fraction of sp³-hybridized carbons (Fsp3) is 1.00. The maximum Gasteiger partial charge on any atom is 0.0457 e. The predicted octanol–water partition coefficient (Wildman–Crippen LogP) is 0.294. The lowest BCUT2D eigenvalue weighted by molar-refractivity contribution is 1.10. The van der Waals surface area contributed by atoms with Crippen molar-refractivity contribution in [3.05, 3.63) is 0 Å². The Hall–Kier alpha value is 0.250. The van der Waals surface area contributed by atoms with E-state index >= 15 is 0 Å². The summed E-state index contributed by atoms with van der Waals surface area (Å²) in [6, 6.07) is 0. The molecule has 0 aromatic heterocycles. The van der Waals surface area contributed by atoms with Crippen molar-refractivity contribution in [1.29, 1.82) is 0 Å². The van der Waals surface area contributed by atoms with Crippen molar-refractivity contribution in [1.82, 2.24) is 5.73 Å². The molecule has 0 atom stereocenters. The first-order valence-electron chi connectivity index (χ1n) is 1.08. The molecule has 0 aliphatic heterocycles. The topological polar surface area (TPSA) is 22.3 Å². The number of rotatable bonds is 1. The summed E-state index contributed by atoms with van der Waals surface area (Å²) in [5.74, 6) is 0.347. The van der Waals surface area contributed by atoms with E-state index in [1.165, 1.54) is 0 Å². The van der Waals surface area contributed by atoms with Gasteiger partial charge in [-0.15, -0.1) is 17.3 Å². The molecule has 0 rings (SSSR count). The van der Waals surface area contributed by atoms with E-state index in [4.69, 9.17) is 17.3 Å². The summed E-state index contributed by atoms with van der Waals surface area (Å²) in [6.07, 6.45) is 0. The van der Waals surface area contributed by atoms with Gasteiger partial charge in [0.15, 0.2) is 0 Å². The molecule has 0 aromatic rings. The van der Waals surface area contributed by atoms with Crippen LogP contribution >= 0.6 is 11.6 Å². The molecule has 0 aromatic carbocycles. The molecular weight excluding hydrogens is 73.5 g/mol. The maximum atomic E-state index is 7.74. The van der Waals surface area contributed by atoms with Gasteiger partial charge in [0.05, 0.1) is 0 Å². The van der Waals surface area contributed by atoms with E-state index in [0.29, 0.717) is 5.88 Å². The van der Waals surface area contributed by atoms with Crippen molar-refractivity contribution in [2.24, 2.45) is 0 Å². The Morgan fingerprint density at radius 2 is 2.00 bits per heavy atom. The van der Waals surface area contributed by atoms with E-state index < -0.39 is 0 Å². The molecule has 1 nitrogen and oxygen atoms in total. The predicted molar refractivity (Wildman–Crippen MR) is 17.7 cm³/mol. The highest BCUT2D eigenvalue weighted by Crippen LogP contribution is 1.62. The van der Waals surface area contributed by atoms with Crippen LogP contribution in [0.3, 0.4) is 0 Å². The molecule has 0 amide bonds. The Labute approximate surface area is 30.7 Å². The van der Waals surface area contributed by atoms with Crippen LogP contribution in [0.2, 0.25) is 0 Å². The molecule has 0 saturated carbocycles. The Kier molecular flexibility index (Phi) is 3.45. The molecule has 0 spiro atoms. The van der Waals surface area contributed by atoms with Crippen molar-refractivity contribution < 1.29 is 0 Å². The second-order valence-corrected chi connectivity index (χ2v) is 0.791. The molecule has 0 aliphatic rings. The third-order valence-electron chi connectivity index (χ3n) is 0.0845. The Morgan fingerprint density at radius 1 is 1.75 bits per heavy atom. The van der Waals surface area contributed by atoms with Crippen molar-refractivity contribution in [3.8, 4) is 0 Å². The number of hydrogen-bond acceptors (Lipinski definition) is 0. The fourth-order valence-corrected chi connectivity index (χ4v) is 0. The first kappa shape index (κ1) is 4.25. The highest BCUT2D eigenvalue weighted by atomic mass is 35.5. The molecule has 2 radical (unpaired) electrons. The quantitative estimate of drug-likeness (QED) is 0.402. The van der Waals surface area contributed by atoms with E-state index in [0.717, 1.165) is 0 Å². The molecule has 0 unspecified atom stereocenters.